The highest BCUT2D eigenvalue weighted by Crippen LogP contribution is 2.35. The molecule has 0 unspecified atom stereocenters. The van der Waals surface area contributed by atoms with Crippen molar-refractivity contribution in [2.24, 2.45) is 7.05 Å². The van der Waals surface area contributed by atoms with Crippen LogP contribution in [0.5, 0.6) is 0 Å². The molecule has 3 nitrogen and oxygen atoms in total. The fourth-order valence-corrected chi connectivity index (χ4v) is 3.10. The minimum atomic E-state index is -0.457. The van der Waals surface area contributed by atoms with Crippen LogP contribution in [0.1, 0.15) is 21.5 Å². The van der Waals surface area contributed by atoms with Crippen LogP contribution in [-0.4, -0.2) is 16.1 Å². The van der Waals surface area contributed by atoms with Gasteiger partial charge < -0.3 is 4.57 Å². The highest BCUT2D eigenvalue weighted by atomic mass is 16.2. The summed E-state index contributed by atoms with van der Waals surface area (Å²) in [6, 6.07) is 15.3. The number of carbonyl (C=O) groups is 2. The molecule has 106 valence electrons. The summed E-state index contributed by atoms with van der Waals surface area (Å²) >= 11 is 0. The van der Waals surface area contributed by atoms with Gasteiger partial charge in [-0.3, -0.25) is 9.59 Å². The molecule has 0 saturated heterocycles. The predicted molar refractivity (Wildman–Crippen MR) is 85.8 cm³/mol. The highest BCUT2D eigenvalue weighted by Gasteiger charge is 2.27. The second kappa shape index (κ2) is 4.53. The van der Waals surface area contributed by atoms with E-state index in [0.717, 1.165) is 27.6 Å². The molecule has 2 aromatic carbocycles. The van der Waals surface area contributed by atoms with Gasteiger partial charge in [0.05, 0.1) is 0 Å². The maximum atomic E-state index is 12.1. The molecule has 0 saturated carbocycles. The maximum absolute atomic E-state index is 12.1. The molecule has 1 heterocycles. The SMILES string of the molecule is Cn1cc(C2=CC(=O)C(=O)c3ccccc32)c2ccccc21. The standard InChI is InChI=1S/C19H13NO2/c1-20-11-16(13-7-4-5-9-17(13)20)15-10-18(21)19(22)14-8-3-2-6-12(14)15/h2-11H,1H3. The van der Waals surface area contributed by atoms with Gasteiger partial charge in [-0.25, -0.2) is 0 Å². The summed E-state index contributed by atoms with van der Waals surface area (Å²) in [7, 11) is 1.98. The summed E-state index contributed by atoms with van der Waals surface area (Å²) in [6.45, 7) is 0. The van der Waals surface area contributed by atoms with Crippen LogP contribution in [0.2, 0.25) is 0 Å². The normalized spacial score (nSPS) is 14.1. The van der Waals surface area contributed by atoms with Crippen molar-refractivity contribution >= 4 is 28.0 Å². The number of hydrogen-bond acceptors (Lipinski definition) is 2. The topological polar surface area (TPSA) is 39.1 Å². The number of hydrogen-bond donors (Lipinski definition) is 0. The van der Waals surface area contributed by atoms with E-state index in [2.05, 4.69) is 0 Å². The Morgan fingerprint density at radius 3 is 2.32 bits per heavy atom. The number of aromatic nitrogens is 1. The average molecular weight is 287 g/mol. The van der Waals surface area contributed by atoms with Crippen molar-refractivity contribution in [3.63, 3.8) is 0 Å². The van der Waals surface area contributed by atoms with Gasteiger partial charge in [0.25, 0.3) is 0 Å². The molecular weight excluding hydrogens is 274 g/mol. The number of fused-ring (bicyclic) bond motifs is 2. The molecule has 0 amide bonds. The number of carbonyl (C=O) groups excluding carboxylic acids is 2. The summed E-state index contributed by atoms with van der Waals surface area (Å²) in [6.07, 6.45) is 3.47. The molecule has 0 spiro atoms. The summed E-state index contributed by atoms with van der Waals surface area (Å²) in [5.74, 6) is -0.888. The van der Waals surface area contributed by atoms with E-state index in [-0.39, 0.29) is 0 Å². The Balaban J connectivity index is 2.04. The third-order valence-electron chi connectivity index (χ3n) is 4.15. The zero-order valence-electron chi connectivity index (χ0n) is 12.0. The number of Topliss-reactive ketones (excluding diaryl/α,β-unsaturated/α-hetero) is 1. The zero-order valence-corrected chi connectivity index (χ0v) is 12.0. The molecule has 0 aliphatic heterocycles. The van der Waals surface area contributed by atoms with Gasteiger partial charge in [-0.05, 0) is 23.3 Å². The number of rotatable bonds is 1. The largest absolute Gasteiger partial charge is 0.350 e. The lowest BCUT2D eigenvalue weighted by molar-refractivity contribution is -0.111. The third kappa shape index (κ3) is 1.69. The fourth-order valence-electron chi connectivity index (χ4n) is 3.10. The first kappa shape index (κ1) is 12.8. The van der Waals surface area contributed by atoms with Gasteiger partial charge in [0.15, 0.2) is 0 Å². The predicted octanol–water partition coefficient (Wildman–Crippen LogP) is 3.38. The van der Waals surface area contributed by atoms with E-state index < -0.39 is 11.6 Å². The van der Waals surface area contributed by atoms with Crippen LogP contribution in [0.3, 0.4) is 0 Å². The molecule has 1 aliphatic rings. The monoisotopic (exact) mass is 287 g/mol. The van der Waals surface area contributed by atoms with E-state index in [1.165, 1.54) is 6.08 Å². The van der Waals surface area contributed by atoms with Crippen molar-refractivity contribution < 1.29 is 9.59 Å². The van der Waals surface area contributed by atoms with E-state index in [1.54, 1.807) is 12.1 Å². The molecule has 1 aliphatic carbocycles. The lowest BCUT2D eigenvalue weighted by Gasteiger charge is -2.15. The first-order valence-corrected chi connectivity index (χ1v) is 7.11. The number of allylic oxidation sites excluding steroid dienone is 1. The van der Waals surface area contributed by atoms with E-state index in [0.29, 0.717) is 5.56 Å². The second-order valence-electron chi connectivity index (χ2n) is 5.47. The van der Waals surface area contributed by atoms with Crippen LogP contribution in [0.25, 0.3) is 16.5 Å². The van der Waals surface area contributed by atoms with Gasteiger partial charge in [0.1, 0.15) is 0 Å². The van der Waals surface area contributed by atoms with Crippen molar-refractivity contribution in [2.75, 3.05) is 0 Å². The molecular formula is C19H13NO2. The Kier molecular flexibility index (Phi) is 2.63. The van der Waals surface area contributed by atoms with E-state index >= 15 is 0 Å². The van der Waals surface area contributed by atoms with E-state index in [4.69, 9.17) is 0 Å². The Morgan fingerprint density at radius 1 is 0.818 bits per heavy atom. The minimum Gasteiger partial charge on any atom is -0.350 e. The summed E-state index contributed by atoms with van der Waals surface area (Å²) in [5, 5.41) is 1.08. The first-order chi connectivity index (χ1) is 10.7. The molecule has 0 fully saturated rings. The van der Waals surface area contributed by atoms with Gasteiger partial charge >= 0.3 is 0 Å². The van der Waals surface area contributed by atoms with Crippen LogP contribution in [0.15, 0.2) is 60.8 Å². The molecule has 0 N–H and O–H groups in total. The number of nitrogens with zero attached hydrogens (tertiary/aromatic N) is 1. The number of aryl methyl sites for hydroxylation is 1. The lowest BCUT2D eigenvalue weighted by Crippen LogP contribution is -2.18. The smallest absolute Gasteiger partial charge is 0.233 e. The van der Waals surface area contributed by atoms with E-state index in [1.807, 2.05) is 54.2 Å². The van der Waals surface area contributed by atoms with Crippen LogP contribution in [-0.2, 0) is 11.8 Å². The number of para-hydroxylation sites is 1. The second-order valence-corrected chi connectivity index (χ2v) is 5.47. The van der Waals surface area contributed by atoms with Crippen molar-refractivity contribution in [1.29, 1.82) is 0 Å². The van der Waals surface area contributed by atoms with Gasteiger partial charge in [0.2, 0.25) is 11.6 Å². The highest BCUT2D eigenvalue weighted by molar-refractivity contribution is 6.51. The molecule has 0 bridgehead atoms. The fraction of sp³-hybridized carbons (Fsp3) is 0.0526. The summed E-state index contributed by atoms with van der Waals surface area (Å²) < 4.78 is 2.04. The Labute approximate surface area is 127 Å². The lowest BCUT2D eigenvalue weighted by atomic mass is 9.85. The Bertz CT molecular complexity index is 976. The van der Waals surface area contributed by atoms with Crippen molar-refractivity contribution in [3.05, 3.63) is 77.5 Å². The number of ketones is 2. The van der Waals surface area contributed by atoms with Crippen LogP contribution >= 0.6 is 0 Å². The first-order valence-electron chi connectivity index (χ1n) is 7.11. The molecule has 1 aromatic heterocycles. The van der Waals surface area contributed by atoms with Crippen molar-refractivity contribution in [2.45, 2.75) is 0 Å². The molecule has 22 heavy (non-hydrogen) atoms. The van der Waals surface area contributed by atoms with Crippen molar-refractivity contribution in [3.8, 4) is 0 Å². The van der Waals surface area contributed by atoms with Gasteiger partial charge in [-0.1, -0.05) is 42.5 Å². The summed E-state index contributed by atoms with van der Waals surface area (Å²) in [4.78, 5) is 24.1. The van der Waals surface area contributed by atoms with Gasteiger partial charge in [-0.15, -0.1) is 0 Å². The van der Waals surface area contributed by atoms with Crippen LogP contribution in [0.4, 0.5) is 0 Å². The Morgan fingerprint density at radius 2 is 1.50 bits per heavy atom. The molecule has 3 aromatic rings. The Hall–Kier alpha value is -2.94. The molecule has 0 atom stereocenters. The van der Waals surface area contributed by atoms with Crippen LogP contribution < -0.4 is 0 Å². The quantitative estimate of drug-likeness (QED) is 0.644. The third-order valence-corrected chi connectivity index (χ3v) is 4.15. The average Bonchev–Trinajstić information content (AvgIpc) is 2.88. The summed E-state index contributed by atoms with van der Waals surface area (Å²) in [5.41, 5.74) is 4.20. The molecule has 3 heteroatoms. The minimum absolute atomic E-state index is 0.431. The van der Waals surface area contributed by atoms with E-state index in [9.17, 15) is 9.59 Å². The zero-order chi connectivity index (χ0) is 15.3. The molecule has 4 rings (SSSR count). The number of benzene rings is 2. The van der Waals surface area contributed by atoms with Gasteiger partial charge in [-0.2, -0.15) is 0 Å². The van der Waals surface area contributed by atoms with Crippen LogP contribution in [0, 0.1) is 0 Å². The van der Waals surface area contributed by atoms with Crippen molar-refractivity contribution in [1.82, 2.24) is 4.57 Å². The maximum Gasteiger partial charge on any atom is 0.233 e. The van der Waals surface area contributed by atoms with Gasteiger partial charge in [0, 0.05) is 35.3 Å². The molecule has 0 radical (unpaired) electrons.